The Balaban J connectivity index is 1.87. The van der Waals surface area contributed by atoms with Crippen molar-refractivity contribution in [2.75, 3.05) is 20.1 Å². The lowest BCUT2D eigenvalue weighted by molar-refractivity contribution is 0.182. The van der Waals surface area contributed by atoms with Crippen LogP contribution in [0.4, 0.5) is 4.39 Å². The van der Waals surface area contributed by atoms with E-state index in [9.17, 15) is 4.39 Å². The lowest BCUT2D eigenvalue weighted by Crippen LogP contribution is -2.52. The van der Waals surface area contributed by atoms with E-state index in [2.05, 4.69) is 24.2 Å². The van der Waals surface area contributed by atoms with E-state index in [0.717, 1.165) is 19.6 Å². The van der Waals surface area contributed by atoms with Gasteiger partial charge < -0.3 is 10.2 Å². The molecule has 1 saturated heterocycles. The number of halogens is 1. The van der Waals surface area contributed by atoms with Gasteiger partial charge in [0.15, 0.2) is 0 Å². The Labute approximate surface area is 109 Å². The molecule has 1 aromatic carbocycles. The second kappa shape index (κ2) is 5.81. The summed E-state index contributed by atoms with van der Waals surface area (Å²) in [5.41, 5.74) is 1.39. The first kappa shape index (κ1) is 13.5. The lowest BCUT2D eigenvalue weighted by Gasteiger charge is -2.38. The number of rotatable bonds is 4. The third-order valence-corrected chi connectivity index (χ3v) is 3.69. The van der Waals surface area contributed by atoms with Crippen molar-refractivity contribution < 1.29 is 4.39 Å². The van der Waals surface area contributed by atoms with Crippen LogP contribution in [0, 0.1) is 5.82 Å². The summed E-state index contributed by atoms with van der Waals surface area (Å²) >= 11 is 0. The van der Waals surface area contributed by atoms with Crippen LogP contribution in [0.25, 0.3) is 0 Å². The molecule has 3 heteroatoms. The molecule has 1 unspecified atom stereocenters. The highest BCUT2D eigenvalue weighted by Crippen LogP contribution is 2.20. The highest BCUT2D eigenvalue weighted by Gasteiger charge is 2.27. The van der Waals surface area contributed by atoms with E-state index >= 15 is 0 Å². The molecule has 2 rings (SSSR count). The highest BCUT2D eigenvalue weighted by atomic mass is 19.1. The van der Waals surface area contributed by atoms with Gasteiger partial charge in [-0.1, -0.05) is 18.6 Å². The fourth-order valence-corrected chi connectivity index (χ4v) is 2.81. The smallest absolute Gasteiger partial charge is 0.123 e. The summed E-state index contributed by atoms with van der Waals surface area (Å²) in [5, 5.41) is 3.62. The van der Waals surface area contributed by atoms with Crippen LogP contribution in [0.3, 0.4) is 0 Å². The van der Waals surface area contributed by atoms with Gasteiger partial charge in [-0.05, 0) is 51.1 Å². The molecule has 0 amide bonds. The molecule has 0 saturated carbocycles. The Morgan fingerprint density at radius 1 is 1.28 bits per heavy atom. The average molecular weight is 250 g/mol. The zero-order valence-electron chi connectivity index (χ0n) is 11.4. The third-order valence-electron chi connectivity index (χ3n) is 3.69. The van der Waals surface area contributed by atoms with Crippen LogP contribution in [-0.2, 0) is 6.54 Å². The van der Waals surface area contributed by atoms with Crippen molar-refractivity contribution >= 4 is 0 Å². The molecule has 0 aliphatic carbocycles. The summed E-state index contributed by atoms with van der Waals surface area (Å²) in [6, 6.07) is 6.79. The predicted molar refractivity (Wildman–Crippen MR) is 73.0 cm³/mol. The van der Waals surface area contributed by atoms with E-state index in [1.807, 2.05) is 12.1 Å². The van der Waals surface area contributed by atoms with Crippen molar-refractivity contribution in [3.63, 3.8) is 0 Å². The third kappa shape index (κ3) is 3.79. The van der Waals surface area contributed by atoms with Gasteiger partial charge >= 0.3 is 0 Å². The van der Waals surface area contributed by atoms with Gasteiger partial charge in [-0.2, -0.15) is 0 Å². The van der Waals surface area contributed by atoms with E-state index < -0.39 is 0 Å². The first-order valence-electron chi connectivity index (χ1n) is 6.75. The number of nitrogens with zero attached hydrogens (tertiary/aromatic N) is 1. The molecule has 1 fully saturated rings. The van der Waals surface area contributed by atoms with Crippen molar-refractivity contribution in [2.45, 2.75) is 38.3 Å². The summed E-state index contributed by atoms with van der Waals surface area (Å²) in [7, 11) is 2.13. The number of benzene rings is 1. The first-order chi connectivity index (χ1) is 8.57. The SMILES string of the molecule is CN(Cc1ccc(F)cc1)CC1(C)CCCCN1. The Bertz CT molecular complexity index is 369. The lowest BCUT2D eigenvalue weighted by atomic mass is 9.90. The summed E-state index contributed by atoms with van der Waals surface area (Å²) in [4.78, 5) is 2.31. The minimum Gasteiger partial charge on any atom is -0.310 e. The summed E-state index contributed by atoms with van der Waals surface area (Å²) in [5.74, 6) is -0.165. The molecule has 0 radical (unpaired) electrons. The van der Waals surface area contributed by atoms with E-state index in [-0.39, 0.29) is 11.4 Å². The fourth-order valence-electron chi connectivity index (χ4n) is 2.81. The molecule has 100 valence electrons. The molecular weight excluding hydrogens is 227 g/mol. The van der Waals surface area contributed by atoms with Gasteiger partial charge in [0.1, 0.15) is 5.82 Å². The van der Waals surface area contributed by atoms with Crippen LogP contribution in [0.1, 0.15) is 31.7 Å². The van der Waals surface area contributed by atoms with Gasteiger partial charge in [-0.3, -0.25) is 0 Å². The zero-order chi connectivity index (χ0) is 13.0. The van der Waals surface area contributed by atoms with Crippen molar-refractivity contribution in [3.8, 4) is 0 Å². The molecule has 0 bridgehead atoms. The number of hydrogen-bond acceptors (Lipinski definition) is 2. The number of hydrogen-bond donors (Lipinski definition) is 1. The summed E-state index contributed by atoms with van der Waals surface area (Å²) in [6.45, 7) is 5.33. The van der Waals surface area contributed by atoms with Crippen LogP contribution in [0.2, 0.25) is 0 Å². The first-order valence-corrected chi connectivity index (χ1v) is 6.75. The van der Waals surface area contributed by atoms with E-state index in [4.69, 9.17) is 0 Å². The molecular formula is C15H23FN2. The van der Waals surface area contributed by atoms with Crippen LogP contribution < -0.4 is 5.32 Å². The topological polar surface area (TPSA) is 15.3 Å². The van der Waals surface area contributed by atoms with Crippen LogP contribution in [0.5, 0.6) is 0 Å². The average Bonchev–Trinajstić information content (AvgIpc) is 2.32. The molecule has 2 nitrogen and oxygen atoms in total. The van der Waals surface area contributed by atoms with Crippen molar-refractivity contribution in [1.29, 1.82) is 0 Å². The Hall–Kier alpha value is -0.930. The van der Waals surface area contributed by atoms with Crippen molar-refractivity contribution in [2.24, 2.45) is 0 Å². The number of piperidine rings is 1. The Morgan fingerprint density at radius 3 is 2.61 bits per heavy atom. The molecule has 1 atom stereocenters. The molecule has 1 aromatic rings. The predicted octanol–water partition coefficient (Wildman–Crippen LogP) is 2.79. The van der Waals surface area contributed by atoms with E-state index in [1.54, 1.807) is 0 Å². The maximum absolute atomic E-state index is 12.8. The maximum atomic E-state index is 12.8. The summed E-state index contributed by atoms with van der Waals surface area (Å²) in [6.07, 6.45) is 3.84. The van der Waals surface area contributed by atoms with Gasteiger partial charge in [0.2, 0.25) is 0 Å². The van der Waals surface area contributed by atoms with Crippen molar-refractivity contribution in [1.82, 2.24) is 10.2 Å². The minimum absolute atomic E-state index is 0.165. The maximum Gasteiger partial charge on any atom is 0.123 e. The molecule has 0 spiro atoms. The van der Waals surface area contributed by atoms with E-state index in [0.29, 0.717) is 0 Å². The van der Waals surface area contributed by atoms with Crippen LogP contribution in [0.15, 0.2) is 24.3 Å². The Morgan fingerprint density at radius 2 is 2.00 bits per heavy atom. The molecule has 1 heterocycles. The van der Waals surface area contributed by atoms with Crippen molar-refractivity contribution in [3.05, 3.63) is 35.6 Å². The fraction of sp³-hybridized carbons (Fsp3) is 0.600. The normalized spacial score (nSPS) is 24.4. The standard InChI is InChI=1S/C15H23FN2/c1-15(9-3-4-10-17-15)12-18(2)11-13-5-7-14(16)8-6-13/h5-8,17H,3-4,9-12H2,1-2H3. The van der Waals surface area contributed by atoms with Gasteiger partial charge in [0, 0.05) is 18.6 Å². The molecule has 1 aliphatic heterocycles. The van der Waals surface area contributed by atoms with Gasteiger partial charge in [0.05, 0.1) is 0 Å². The zero-order valence-corrected chi connectivity index (χ0v) is 11.4. The van der Waals surface area contributed by atoms with Gasteiger partial charge in [0.25, 0.3) is 0 Å². The van der Waals surface area contributed by atoms with Gasteiger partial charge in [-0.15, -0.1) is 0 Å². The van der Waals surface area contributed by atoms with E-state index in [1.165, 1.54) is 37.0 Å². The second-order valence-corrected chi connectivity index (χ2v) is 5.74. The molecule has 1 N–H and O–H groups in total. The highest BCUT2D eigenvalue weighted by molar-refractivity contribution is 5.15. The summed E-state index contributed by atoms with van der Waals surface area (Å²) < 4.78 is 12.8. The molecule has 1 aliphatic rings. The largest absolute Gasteiger partial charge is 0.310 e. The Kier molecular flexibility index (Phi) is 4.36. The molecule has 18 heavy (non-hydrogen) atoms. The number of nitrogens with one attached hydrogen (secondary N) is 1. The second-order valence-electron chi connectivity index (χ2n) is 5.74. The van der Waals surface area contributed by atoms with Crippen LogP contribution >= 0.6 is 0 Å². The monoisotopic (exact) mass is 250 g/mol. The number of likely N-dealkylation sites (N-methyl/N-ethyl adjacent to an activating group) is 1. The molecule has 0 aromatic heterocycles. The minimum atomic E-state index is -0.165. The van der Waals surface area contributed by atoms with Gasteiger partial charge in [-0.25, -0.2) is 4.39 Å². The quantitative estimate of drug-likeness (QED) is 0.884. The van der Waals surface area contributed by atoms with Crippen LogP contribution in [-0.4, -0.2) is 30.6 Å².